The molecule has 0 heterocycles. The highest BCUT2D eigenvalue weighted by Gasteiger charge is 2.13. The van der Waals surface area contributed by atoms with E-state index in [1.54, 1.807) is 18.2 Å². The van der Waals surface area contributed by atoms with Crippen LogP contribution < -0.4 is 5.32 Å². The molecule has 0 bridgehead atoms. The number of halogens is 3. The van der Waals surface area contributed by atoms with E-state index in [0.717, 1.165) is 11.1 Å². The van der Waals surface area contributed by atoms with Gasteiger partial charge in [0, 0.05) is 6.04 Å². The minimum Gasteiger partial charge on any atom is -0.313 e. The van der Waals surface area contributed by atoms with Crippen molar-refractivity contribution in [3.8, 4) is 0 Å². The van der Waals surface area contributed by atoms with Gasteiger partial charge < -0.3 is 5.32 Å². The largest absolute Gasteiger partial charge is 0.313 e. The van der Waals surface area contributed by atoms with E-state index >= 15 is 0 Å². The fraction of sp³-hybridized carbons (Fsp3) is 0.200. The molecule has 1 nitrogen and oxygen atoms in total. The van der Waals surface area contributed by atoms with Gasteiger partial charge in [0.05, 0.1) is 10.0 Å². The van der Waals surface area contributed by atoms with E-state index in [4.69, 9.17) is 23.2 Å². The van der Waals surface area contributed by atoms with Gasteiger partial charge >= 0.3 is 0 Å². The molecule has 2 aromatic rings. The molecule has 0 spiro atoms. The van der Waals surface area contributed by atoms with Crippen molar-refractivity contribution in [1.82, 2.24) is 5.32 Å². The van der Waals surface area contributed by atoms with E-state index in [0.29, 0.717) is 16.5 Å². The van der Waals surface area contributed by atoms with E-state index in [-0.39, 0.29) is 11.9 Å². The van der Waals surface area contributed by atoms with Gasteiger partial charge in [0.15, 0.2) is 0 Å². The molecule has 0 aromatic heterocycles. The highest BCUT2D eigenvalue weighted by molar-refractivity contribution is 6.42. The van der Waals surface area contributed by atoms with Gasteiger partial charge in [-0.15, -0.1) is 0 Å². The average Bonchev–Trinajstić information content (AvgIpc) is 2.42. The average molecular weight is 298 g/mol. The van der Waals surface area contributed by atoms with Crippen molar-refractivity contribution in [3.63, 3.8) is 0 Å². The van der Waals surface area contributed by atoms with Crippen LogP contribution >= 0.6 is 23.2 Å². The SMILES string of the molecule is CNC(Cc1cccc(Cl)c1Cl)c1ccc(F)cc1. The zero-order valence-corrected chi connectivity index (χ0v) is 12.0. The van der Waals surface area contributed by atoms with E-state index in [2.05, 4.69) is 5.32 Å². The Morgan fingerprint density at radius 3 is 2.42 bits per heavy atom. The summed E-state index contributed by atoms with van der Waals surface area (Å²) in [6.07, 6.45) is 0.696. The Morgan fingerprint density at radius 1 is 1.11 bits per heavy atom. The van der Waals surface area contributed by atoms with Gasteiger partial charge in [0.1, 0.15) is 5.82 Å². The second kappa shape index (κ2) is 6.38. The number of rotatable bonds is 4. The van der Waals surface area contributed by atoms with Crippen LogP contribution in [0.5, 0.6) is 0 Å². The second-order valence-corrected chi connectivity index (χ2v) is 5.10. The summed E-state index contributed by atoms with van der Waals surface area (Å²) in [6.45, 7) is 0. The van der Waals surface area contributed by atoms with Gasteiger partial charge in [-0.25, -0.2) is 4.39 Å². The maximum absolute atomic E-state index is 12.9. The van der Waals surface area contributed by atoms with Gasteiger partial charge in [-0.1, -0.05) is 47.5 Å². The Kier molecular flexibility index (Phi) is 4.81. The number of benzene rings is 2. The minimum absolute atomic E-state index is 0.0663. The first-order chi connectivity index (χ1) is 9.11. The molecule has 0 saturated carbocycles. The highest BCUT2D eigenvalue weighted by atomic mass is 35.5. The van der Waals surface area contributed by atoms with Crippen LogP contribution in [0.3, 0.4) is 0 Å². The smallest absolute Gasteiger partial charge is 0.123 e. The van der Waals surface area contributed by atoms with Crippen molar-refractivity contribution < 1.29 is 4.39 Å². The van der Waals surface area contributed by atoms with E-state index in [1.165, 1.54) is 12.1 Å². The Hall–Kier alpha value is -1.09. The van der Waals surface area contributed by atoms with Gasteiger partial charge in [-0.2, -0.15) is 0 Å². The summed E-state index contributed by atoms with van der Waals surface area (Å²) in [5.41, 5.74) is 1.98. The Balaban J connectivity index is 2.24. The van der Waals surface area contributed by atoms with Crippen molar-refractivity contribution >= 4 is 23.2 Å². The van der Waals surface area contributed by atoms with Crippen molar-refractivity contribution in [1.29, 1.82) is 0 Å². The van der Waals surface area contributed by atoms with Crippen LogP contribution in [0.4, 0.5) is 4.39 Å². The van der Waals surface area contributed by atoms with Crippen LogP contribution in [0.2, 0.25) is 10.0 Å². The van der Waals surface area contributed by atoms with Crippen molar-refractivity contribution in [2.45, 2.75) is 12.5 Å². The Labute approximate surface area is 122 Å². The molecule has 1 atom stereocenters. The molecular weight excluding hydrogens is 284 g/mol. The van der Waals surface area contributed by atoms with E-state index < -0.39 is 0 Å². The predicted molar refractivity (Wildman–Crippen MR) is 78.4 cm³/mol. The van der Waals surface area contributed by atoms with Crippen LogP contribution in [0, 0.1) is 5.82 Å². The topological polar surface area (TPSA) is 12.0 Å². The zero-order chi connectivity index (χ0) is 13.8. The summed E-state index contributed by atoms with van der Waals surface area (Å²) in [6, 6.07) is 12.1. The Morgan fingerprint density at radius 2 is 1.79 bits per heavy atom. The monoisotopic (exact) mass is 297 g/mol. The molecule has 100 valence electrons. The van der Waals surface area contributed by atoms with Gasteiger partial charge in [0.25, 0.3) is 0 Å². The van der Waals surface area contributed by atoms with Gasteiger partial charge in [0.2, 0.25) is 0 Å². The molecule has 0 saturated heterocycles. The molecule has 1 N–H and O–H groups in total. The standard InChI is InChI=1S/C15H14Cl2FN/c1-19-14(10-5-7-12(18)8-6-10)9-11-3-2-4-13(16)15(11)17/h2-8,14,19H,9H2,1H3. The fourth-order valence-corrected chi connectivity index (χ4v) is 2.40. The van der Waals surface area contributed by atoms with Crippen molar-refractivity contribution in [3.05, 3.63) is 69.5 Å². The summed E-state index contributed by atoms with van der Waals surface area (Å²) in [5.74, 6) is -0.237. The van der Waals surface area contributed by atoms with Gasteiger partial charge in [-0.05, 0) is 42.8 Å². The zero-order valence-electron chi connectivity index (χ0n) is 10.5. The third-order valence-corrected chi connectivity index (χ3v) is 3.93. The number of hydrogen-bond donors (Lipinski definition) is 1. The molecule has 2 rings (SSSR count). The number of likely N-dealkylation sites (N-methyl/N-ethyl adjacent to an activating group) is 1. The summed E-state index contributed by atoms with van der Waals surface area (Å²) >= 11 is 12.2. The molecule has 2 aromatic carbocycles. The molecule has 19 heavy (non-hydrogen) atoms. The first-order valence-corrected chi connectivity index (χ1v) is 6.73. The van der Waals surface area contributed by atoms with E-state index in [1.807, 2.05) is 19.2 Å². The second-order valence-electron chi connectivity index (χ2n) is 4.31. The maximum atomic E-state index is 12.9. The summed E-state index contributed by atoms with van der Waals surface area (Å²) in [5, 5.41) is 4.33. The maximum Gasteiger partial charge on any atom is 0.123 e. The van der Waals surface area contributed by atoms with Crippen LogP contribution in [0.25, 0.3) is 0 Å². The van der Waals surface area contributed by atoms with Crippen LogP contribution in [0.1, 0.15) is 17.2 Å². The molecule has 0 fully saturated rings. The Bertz CT molecular complexity index is 555. The third kappa shape index (κ3) is 3.47. The lowest BCUT2D eigenvalue weighted by molar-refractivity contribution is 0.586. The molecule has 0 aliphatic heterocycles. The molecule has 4 heteroatoms. The molecule has 0 aliphatic rings. The predicted octanol–water partition coefficient (Wildman–Crippen LogP) is 4.64. The fourth-order valence-electron chi connectivity index (χ4n) is 2.01. The van der Waals surface area contributed by atoms with Crippen LogP contribution in [-0.4, -0.2) is 7.05 Å². The first kappa shape index (κ1) is 14.3. The summed E-state index contributed by atoms with van der Waals surface area (Å²) < 4.78 is 12.9. The summed E-state index contributed by atoms with van der Waals surface area (Å²) in [7, 11) is 1.87. The summed E-state index contributed by atoms with van der Waals surface area (Å²) in [4.78, 5) is 0. The molecule has 0 aliphatic carbocycles. The van der Waals surface area contributed by atoms with Crippen molar-refractivity contribution in [2.75, 3.05) is 7.05 Å². The molecular formula is C15H14Cl2FN. The molecule has 0 radical (unpaired) electrons. The number of nitrogens with one attached hydrogen (secondary N) is 1. The molecule has 0 amide bonds. The van der Waals surface area contributed by atoms with Crippen LogP contribution in [0.15, 0.2) is 42.5 Å². The lowest BCUT2D eigenvalue weighted by Gasteiger charge is -2.18. The number of hydrogen-bond acceptors (Lipinski definition) is 1. The first-order valence-electron chi connectivity index (χ1n) is 5.97. The highest BCUT2D eigenvalue weighted by Crippen LogP contribution is 2.29. The van der Waals surface area contributed by atoms with Crippen LogP contribution in [-0.2, 0) is 6.42 Å². The molecule has 1 unspecified atom stereocenters. The minimum atomic E-state index is -0.237. The van der Waals surface area contributed by atoms with E-state index in [9.17, 15) is 4.39 Å². The lowest BCUT2D eigenvalue weighted by Crippen LogP contribution is -2.19. The van der Waals surface area contributed by atoms with Gasteiger partial charge in [-0.3, -0.25) is 0 Å². The van der Waals surface area contributed by atoms with Crippen molar-refractivity contribution in [2.24, 2.45) is 0 Å². The lowest BCUT2D eigenvalue weighted by atomic mass is 9.99. The normalized spacial score (nSPS) is 12.4. The third-order valence-electron chi connectivity index (χ3n) is 3.08. The quantitative estimate of drug-likeness (QED) is 0.867.